The van der Waals surface area contributed by atoms with Crippen LogP contribution < -0.4 is 5.32 Å². The number of amides is 1. The molecule has 1 fully saturated rings. The third kappa shape index (κ3) is 2.69. The van der Waals surface area contributed by atoms with Crippen LogP contribution in [0.2, 0.25) is 0 Å². The molecule has 1 aromatic carbocycles. The first-order chi connectivity index (χ1) is 8.09. The Morgan fingerprint density at radius 3 is 2.94 bits per heavy atom. The fourth-order valence-electron chi connectivity index (χ4n) is 2.05. The van der Waals surface area contributed by atoms with E-state index in [4.69, 9.17) is 4.74 Å². The van der Waals surface area contributed by atoms with Crippen molar-refractivity contribution in [1.29, 1.82) is 0 Å². The molecule has 0 bridgehead atoms. The first-order valence-electron chi connectivity index (χ1n) is 5.77. The zero-order valence-electron chi connectivity index (χ0n) is 10.00. The average Bonchev–Trinajstić information content (AvgIpc) is 2.71. The smallest absolute Gasteiger partial charge is 0.230 e. The van der Waals surface area contributed by atoms with Crippen molar-refractivity contribution in [2.45, 2.75) is 26.4 Å². The quantitative estimate of drug-likeness (QED) is 0.911. The summed E-state index contributed by atoms with van der Waals surface area (Å²) in [6.07, 6.45) is 0.815. The van der Waals surface area contributed by atoms with Gasteiger partial charge in [0.05, 0.1) is 17.7 Å². The highest BCUT2D eigenvalue weighted by Gasteiger charge is 2.30. The highest BCUT2D eigenvalue weighted by atomic mass is 79.9. The predicted molar refractivity (Wildman–Crippen MR) is 71.0 cm³/mol. The Kier molecular flexibility index (Phi) is 3.84. The Bertz CT molecular complexity index is 433. The van der Waals surface area contributed by atoms with Gasteiger partial charge in [0.2, 0.25) is 5.91 Å². The number of carbonyl (C=O) groups excluding carboxylic acids is 1. The van der Waals surface area contributed by atoms with Crippen LogP contribution in [0.1, 0.15) is 18.9 Å². The van der Waals surface area contributed by atoms with E-state index in [0.717, 1.165) is 22.1 Å². The summed E-state index contributed by atoms with van der Waals surface area (Å²) >= 11 is 3.49. The minimum atomic E-state index is -0.0394. The van der Waals surface area contributed by atoms with Crippen molar-refractivity contribution in [2.24, 2.45) is 5.92 Å². The molecule has 1 amide bonds. The van der Waals surface area contributed by atoms with Crippen LogP contribution in [-0.2, 0) is 9.53 Å². The maximum atomic E-state index is 12.1. The second-order valence-electron chi connectivity index (χ2n) is 4.40. The first-order valence-corrected chi connectivity index (χ1v) is 6.56. The number of rotatable bonds is 2. The van der Waals surface area contributed by atoms with Crippen molar-refractivity contribution < 1.29 is 9.53 Å². The maximum absolute atomic E-state index is 12.1. The van der Waals surface area contributed by atoms with Crippen LogP contribution in [0.5, 0.6) is 0 Å². The lowest BCUT2D eigenvalue weighted by Crippen LogP contribution is -2.27. The van der Waals surface area contributed by atoms with E-state index in [1.807, 2.05) is 32.0 Å². The summed E-state index contributed by atoms with van der Waals surface area (Å²) in [6.45, 7) is 4.62. The molecular weight excluding hydrogens is 282 g/mol. The topological polar surface area (TPSA) is 38.3 Å². The number of anilines is 1. The van der Waals surface area contributed by atoms with Crippen molar-refractivity contribution in [2.75, 3.05) is 11.9 Å². The lowest BCUT2D eigenvalue weighted by molar-refractivity contribution is -0.121. The Hall–Kier alpha value is -0.870. The van der Waals surface area contributed by atoms with Crippen molar-refractivity contribution in [3.05, 3.63) is 28.2 Å². The van der Waals surface area contributed by atoms with Crippen molar-refractivity contribution >= 4 is 27.5 Å². The molecule has 2 atom stereocenters. The Morgan fingerprint density at radius 1 is 1.53 bits per heavy atom. The molecule has 0 spiro atoms. The van der Waals surface area contributed by atoms with Gasteiger partial charge in [0.25, 0.3) is 0 Å². The molecule has 2 rings (SSSR count). The largest absolute Gasteiger partial charge is 0.378 e. The van der Waals surface area contributed by atoms with Gasteiger partial charge in [-0.2, -0.15) is 0 Å². The molecule has 2 unspecified atom stereocenters. The zero-order valence-corrected chi connectivity index (χ0v) is 11.6. The monoisotopic (exact) mass is 297 g/mol. The van der Waals surface area contributed by atoms with Gasteiger partial charge in [-0.25, -0.2) is 0 Å². The number of hydrogen-bond acceptors (Lipinski definition) is 2. The summed E-state index contributed by atoms with van der Waals surface area (Å²) in [6, 6.07) is 5.83. The predicted octanol–water partition coefficient (Wildman–Crippen LogP) is 3.12. The molecule has 0 aromatic heterocycles. The average molecular weight is 298 g/mol. The molecule has 0 aliphatic carbocycles. The minimum absolute atomic E-state index is 0.0126. The summed E-state index contributed by atoms with van der Waals surface area (Å²) in [5, 5.41) is 2.96. The Labute approximate surface area is 110 Å². The van der Waals surface area contributed by atoms with E-state index in [1.54, 1.807) is 0 Å². The van der Waals surface area contributed by atoms with E-state index >= 15 is 0 Å². The molecule has 1 heterocycles. The van der Waals surface area contributed by atoms with E-state index in [9.17, 15) is 4.79 Å². The van der Waals surface area contributed by atoms with Gasteiger partial charge in [-0.3, -0.25) is 4.79 Å². The van der Waals surface area contributed by atoms with Crippen LogP contribution in [0.25, 0.3) is 0 Å². The summed E-state index contributed by atoms with van der Waals surface area (Å²) < 4.78 is 6.35. The van der Waals surface area contributed by atoms with Gasteiger partial charge in [-0.15, -0.1) is 0 Å². The maximum Gasteiger partial charge on any atom is 0.230 e. The fourth-order valence-corrected chi connectivity index (χ4v) is 2.41. The van der Waals surface area contributed by atoms with Crippen LogP contribution in [0.3, 0.4) is 0 Å². The highest BCUT2D eigenvalue weighted by Crippen LogP contribution is 2.28. The summed E-state index contributed by atoms with van der Waals surface area (Å²) in [4.78, 5) is 12.1. The van der Waals surface area contributed by atoms with Gasteiger partial charge in [-0.05, 0) is 47.8 Å². The number of benzene rings is 1. The van der Waals surface area contributed by atoms with Gasteiger partial charge in [0.15, 0.2) is 0 Å². The third-order valence-electron chi connectivity index (χ3n) is 3.16. The molecule has 17 heavy (non-hydrogen) atoms. The van der Waals surface area contributed by atoms with E-state index in [1.165, 1.54) is 0 Å². The molecule has 3 nitrogen and oxygen atoms in total. The van der Waals surface area contributed by atoms with Crippen molar-refractivity contribution in [3.63, 3.8) is 0 Å². The molecule has 1 aliphatic rings. The molecule has 1 aliphatic heterocycles. The van der Waals surface area contributed by atoms with Crippen LogP contribution in [-0.4, -0.2) is 18.6 Å². The number of ether oxygens (including phenoxy) is 1. The third-order valence-corrected chi connectivity index (χ3v) is 4.22. The fraction of sp³-hybridized carbons (Fsp3) is 0.462. The van der Waals surface area contributed by atoms with Crippen molar-refractivity contribution in [3.8, 4) is 0 Å². The molecule has 0 saturated carbocycles. The van der Waals surface area contributed by atoms with Crippen molar-refractivity contribution in [1.82, 2.24) is 0 Å². The number of carbonyl (C=O) groups is 1. The van der Waals surface area contributed by atoms with Gasteiger partial charge in [0.1, 0.15) is 0 Å². The number of aryl methyl sites for hydroxylation is 1. The summed E-state index contributed by atoms with van der Waals surface area (Å²) in [7, 11) is 0. The number of halogens is 1. The molecule has 4 heteroatoms. The molecule has 92 valence electrons. The van der Waals surface area contributed by atoms with Gasteiger partial charge in [-0.1, -0.05) is 12.1 Å². The van der Waals surface area contributed by atoms with Crippen LogP contribution >= 0.6 is 15.9 Å². The van der Waals surface area contributed by atoms with Gasteiger partial charge < -0.3 is 10.1 Å². The molecule has 0 radical (unpaired) electrons. The minimum Gasteiger partial charge on any atom is -0.378 e. The molecule has 1 aromatic rings. The lowest BCUT2D eigenvalue weighted by Gasteiger charge is -2.15. The first kappa shape index (κ1) is 12.6. The Balaban J connectivity index is 2.10. The summed E-state index contributed by atoms with van der Waals surface area (Å²) in [5.74, 6) is 0.00344. The van der Waals surface area contributed by atoms with E-state index in [-0.39, 0.29) is 17.9 Å². The van der Waals surface area contributed by atoms with E-state index in [2.05, 4.69) is 21.2 Å². The second-order valence-corrected chi connectivity index (χ2v) is 5.19. The van der Waals surface area contributed by atoms with E-state index in [0.29, 0.717) is 6.61 Å². The lowest BCUT2D eigenvalue weighted by atomic mass is 10.0. The molecular formula is C13H16BrNO2. The number of nitrogens with one attached hydrogen (secondary N) is 1. The standard InChI is InChI=1S/C13H16BrNO2/c1-8-4-3-5-11(12(8)14)15-13(16)10-6-7-17-9(10)2/h3-5,9-10H,6-7H2,1-2H3,(H,15,16). The van der Waals surface area contributed by atoms with Crippen LogP contribution in [0.4, 0.5) is 5.69 Å². The van der Waals surface area contributed by atoms with Crippen LogP contribution in [0.15, 0.2) is 22.7 Å². The van der Waals surface area contributed by atoms with Crippen LogP contribution in [0, 0.1) is 12.8 Å². The number of hydrogen-bond donors (Lipinski definition) is 1. The Morgan fingerprint density at radius 2 is 2.29 bits per heavy atom. The van der Waals surface area contributed by atoms with Gasteiger partial charge in [0, 0.05) is 11.1 Å². The molecule has 1 N–H and O–H groups in total. The zero-order chi connectivity index (χ0) is 12.4. The molecule has 1 saturated heterocycles. The normalized spacial score (nSPS) is 23.7. The van der Waals surface area contributed by atoms with Gasteiger partial charge >= 0.3 is 0 Å². The summed E-state index contributed by atoms with van der Waals surface area (Å²) in [5.41, 5.74) is 1.94. The second kappa shape index (κ2) is 5.19. The van der Waals surface area contributed by atoms with E-state index < -0.39 is 0 Å². The highest BCUT2D eigenvalue weighted by molar-refractivity contribution is 9.10. The SMILES string of the molecule is Cc1cccc(NC(=O)C2CCOC2C)c1Br.